The van der Waals surface area contributed by atoms with Crippen LogP contribution in [0, 0.1) is 0 Å². The van der Waals surface area contributed by atoms with Crippen molar-refractivity contribution in [3.63, 3.8) is 0 Å². The first-order chi connectivity index (χ1) is 9.74. The Morgan fingerprint density at radius 3 is 2.95 bits per heavy atom. The summed E-state index contributed by atoms with van der Waals surface area (Å²) in [6.45, 7) is 0. The Balaban J connectivity index is 1.97. The van der Waals surface area contributed by atoms with Crippen LogP contribution in [0.5, 0.6) is 0 Å². The Bertz CT molecular complexity index is 769. The number of hydrogen-bond donors (Lipinski definition) is 1. The zero-order valence-electron chi connectivity index (χ0n) is 10.1. The lowest BCUT2D eigenvalue weighted by Crippen LogP contribution is -1.97. The third-order valence-corrected chi connectivity index (χ3v) is 3.26. The number of benzene rings is 1. The highest BCUT2D eigenvalue weighted by atomic mass is 32.2. The van der Waals surface area contributed by atoms with Crippen molar-refractivity contribution in [2.75, 3.05) is 5.75 Å². The zero-order valence-corrected chi connectivity index (χ0v) is 10.9. The molecular formula is C12H8N4O3S. The molecule has 0 bridgehead atoms. The van der Waals surface area contributed by atoms with Gasteiger partial charge in [0, 0.05) is 12.4 Å². The van der Waals surface area contributed by atoms with Gasteiger partial charge in [0.15, 0.2) is 0 Å². The second-order valence-electron chi connectivity index (χ2n) is 3.79. The fourth-order valence-electron chi connectivity index (χ4n) is 1.67. The minimum Gasteiger partial charge on any atom is -0.481 e. The summed E-state index contributed by atoms with van der Waals surface area (Å²) in [6, 6.07) is 5.46. The maximum absolute atomic E-state index is 10.5. The number of thioether (sulfide) groups is 1. The van der Waals surface area contributed by atoms with E-state index in [0.29, 0.717) is 17.0 Å². The number of carbonyl (C=O) groups is 1. The van der Waals surface area contributed by atoms with Gasteiger partial charge in [-0.2, -0.15) is 0 Å². The summed E-state index contributed by atoms with van der Waals surface area (Å²) in [5.74, 6) is -0.772. The maximum atomic E-state index is 10.5. The molecule has 2 aromatic heterocycles. The van der Waals surface area contributed by atoms with Crippen LogP contribution in [0.2, 0.25) is 0 Å². The molecular weight excluding hydrogens is 280 g/mol. The van der Waals surface area contributed by atoms with Crippen LogP contribution in [0.3, 0.4) is 0 Å². The molecule has 0 atom stereocenters. The first-order valence-corrected chi connectivity index (χ1v) is 6.61. The second-order valence-corrected chi connectivity index (χ2v) is 4.71. The Kier molecular flexibility index (Phi) is 3.30. The van der Waals surface area contributed by atoms with Crippen molar-refractivity contribution in [3.05, 3.63) is 30.6 Å². The standard InChI is InChI=1S/C12H8N4O3S/c17-9(18)6-20-12-16-15-11(19-12)7-2-1-3-8-10(7)14-5-4-13-8/h1-5H,6H2,(H,17,18). The molecule has 0 aliphatic rings. The van der Waals surface area contributed by atoms with Crippen LogP contribution in [-0.2, 0) is 4.79 Å². The van der Waals surface area contributed by atoms with Crippen LogP contribution in [0.4, 0.5) is 0 Å². The number of rotatable bonds is 4. The number of hydrogen-bond acceptors (Lipinski definition) is 7. The molecule has 0 saturated carbocycles. The number of aromatic nitrogens is 4. The number of carboxylic acids is 1. The molecule has 1 N–H and O–H groups in total. The van der Waals surface area contributed by atoms with Gasteiger partial charge in [-0.15, -0.1) is 10.2 Å². The highest BCUT2D eigenvalue weighted by molar-refractivity contribution is 7.99. The Morgan fingerprint density at radius 2 is 2.10 bits per heavy atom. The second kappa shape index (κ2) is 5.25. The van der Waals surface area contributed by atoms with Crippen LogP contribution < -0.4 is 0 Å². The van der Waals surface area contributed by atoms with E-state index in [1.807, 2.05) is 12.1 Å². The van der Waals surface area contributed by atoms with Crippen molar-refractivity contribution in [1.29, 1.82) is 0 Å². The summed E-state index contributed by atoms with van der Waals surface area (Å²) in [5, 5.41) is 16.5. The van der Waals surface area contributed by atoms with Gasteiger partial charge in [0.1, 0.15) is 11.3 Å². The van der Waals surface area contributed by atoms with E-state index < -0.39 is 5.97 Å². The molecule has 0 aliphatic carbocycles. The van der Waals surface area contributed by atoms with Gasteiger partial charge < -0.3 is 9.52 Å². The van der Waals surface area contributed by atoms with Gasteiger partial charge in [-0.1, -0.05) is 17.8 Å². The lowest BCUT2D eigenvalue weighted by atomic mass is 10.2. The van der Waals surface area contributed by atoms with Crippen molar-refractivity contribution in [1.82, 2.24) is 20.2 Å². The van der Waals surface area contributed by atoms with E-state index in [2.05, 4.69) is 20.2 Å². The molecule has 0 fully saturated rings. The molecule has 3 aromatic rings. The minimum atomic E-state index is -0.939. The van der Waals surface area contributed by atoms with E-state index >= 15 is 0 Å². The summed E-state index contributed by atoms with van der Waals surface area (Å²) < 4.78 is 5.44. The van der Waals surface area contributed by atoms with E-state index in [0.717, 1.165) is 17.3 Å². The number of aliphatic carboxylic acids is 1. The maximum Gasteiger partial charge on any atom is 0.314 e. The highest BCUT2D eigenvalue weighted by Gasteiger charge is 2.13. The SMILES string of the molecule is O=C(O)CSc1nnc(-c2cccc3nccnc23)o1. The van der Waals surface area contributed by atoms with Crippen LogP contribution >= 0.6 is 11.8 Å². The van der Waals surface area contributed by atoms with Gasteiger partial charge in [-0.3, -0.25) is 14.8 Å². The van der Waals surface area contributed by atoms with Crippen molar-refractivity contribution in [2.24, 2.45) is 0 Å². The van der Waals surface area contributed by atoms with Crippen LogP contribution in [0.25, 0.3) is 22.5 Å². The topological polar surface area (TPSA) is 102 Å². The molecule has 7 nitrogen and oxygen atoms in total. The molecule has 0 spiro atoms. The fourth-order valence-corrected chi connectivity index (χ4v) is 2.15. The fraction of sp³-hybridized carbons (Fsp3) is 0.0833. The highest BCUT2D eigenvalue weighted by Crippen LogP contribution is 2.27. The predicted octanol–water partition coefficient (Wildman–Crippen LogP) is 1.86. The first kappa shape index (κ1) is 12.5. The molecule has 20 heavy (non-hydrogen) atoms. The van der Waals surface area contributed by atoms with E-state index in [1.54, 1.807) is 18.5 Å². The molecule has 2 heterocycles. The molecule has 100 valence electrons. The quantitative estimate of drug-likeness (QED) is 0.726. The average Bonchev–Trinajstić information content (AvgIpc) is 2.93. The van der Waals surface area contributed by atoms with Gasteiger partial charge in [0.25, 0.3) is 11.1 Å². The van der Waals surface area contributed by atoms with Crippen molar-refractivity contribution >= 4 is 28.8 Å². The molecule has 1 aromatic carbocycles. The number of fused-ring (bicyclic) bond motifs is 1. The lowest BCUT2D eigenvalue weighted by Gasteiger charge is -1.99. The van der Waals surface area contributed by atoms with Gasteiger partial charge in [0.2, 0.25) is 0 Å². The van der Waals surface area contributed by atoms with Crippen LogP contribution in [0.15, 0.2) is 40.2 Å². The van der Waals surface area contributed by atoms with Crippen molar-refractivity contribution < 1.29 is 14.3 Å². The van der Waals surface area contributed by atoms with Gasteiger partial charge in [-0.25, -0.2) is 0 Å². The molecule has 0 saturated heterocycles. The summed E-state index contributed by atoms with van der Waals surface area (Å²) >= 11 is 0.974. The van der Waals surface area contributed by atoms with E-state index in [9.17, 15) is 4.79 Å². The molecule has 0 amide bonds. The summed E-state index contributed by atoms with van der Waals surface area (Å²) in [6.07, 6.45) is 3.19. The average molecular weight is 288 g/mol. The first-order valence-electron chi connectivity index (χ1n) is 5.62. The Morgan fingerprint density at radius 1 is 1.25 bits per heavy atom. The van der Waals surface area contributed by atoms with Gasteiger partial charge in [0.05, 0.1) is 11.1 Å². The van der Waals surface area contributed by atoms with Gasteiger partial charge in [-0.05, 0) is 12.1 Å². The normalized spacial score (nSPS) is 10.8. The van der Waals surface area contributed by atoms with Crippen LogP contribution in [-0.4, -0.2) is 37.0 Å². The van der Waals surface area contributed by atoms with Crippen molar-refractivity contribution in [2.45, 2.75) is 5.22 Å². The lowest BCUT2D eigenvalue weighted by molar-refractivity contribution is -0.133. The molecule has 0 unspecified atom stereocenters. The number of carboxylic acid groups (broad SMARTS) is 1. The predicted molar refractivity (Wildman–Crippen MR) is 71.2 cm³/mol. The monoisotopic (exact) mass is 288 g/mol. The summed E-state index contributed by atoms with van der Waals surface area (Å²) in [4.78, 5) is 18.9. The Hall–Kier alpha value is -2.48. The minimum absolute atomic E-state index is 0.128. The molecule has 3 rings (SSSR count). The van der Waals surface area contributed by atoms with E-state index in [-0.39, 0.29) is 11.0 Å². The third kappa shape index (κ3) is 2.45. The number of nitrogens with zero attached hydrogens (tertiary/aromatic N) is 4. The summed E-state index contributed by atoms with van der Waals surface area (Å²) in [5.41, 5.74) is 2.06. The molecule has 8 heteroatoms. The van der Waals surface area contributed by atoms with E-state index in [4.69, 9.17) is 9.52 Å². The van der Waals surface area contributed by atoms with Crippen molar-refractivity contribution in [3.8, 4) is 11.5 Å². The zero-order chi connectivity index (χ0) is 13.9. The number of para-hydroxylation sites is 1. The Labute approximate surface area is 117 Å². The van der Waals surface area contributed by atoms with E-state index in [1.165, 1.54) is 0 Å². The molecule has 0 aliphatic heterocycles. The summed E-state index contributed by atoms with van der Waals surface area (Å²) in [7, 11) is 0. The third-order valence-electron chi connectivity index (χ3n) is 2.45. The van der Waals surface area contributed by atoms with Crippen LogP contribution in [0.1, 0.15) is 0 Å². The van der Waals surface area contributed by atoms with Gasteiger partial charge >= 0.3 is 5.97 Å². The largest absolute Gasteiger partial charge is 0.481 e. The molecule has 0 radical (unpaired) electrons. The smallest absolute Gasteiger partial charge is 0.314 e.